The molecule has 0 spiro atoms. The smallest absolute Gasteiger partial charge is 0.313 e. The molecule has 0 aliphatic heterocycles. The number of benzene rings is 1. The van der Waals surface area contributed by atoms with Gasteiger partial charge in [-0.1, -0.05) is 17.7 Å². The predicted octanol–water partition coefficient (Wildman–Crippen LogP) is 2.97. The zero-order valence-electron chi connectivity index (χ0n) is 10.0. The van der Waals surface area contributed by atoms with E-state index in [0.717, 1.165) is 16.7 Å². The topological polar surface area (TPSA) is 37.3 Å². The van der Waals surface area contributed by atoms with Crippen LogP contribution in [0.4, 0.5) is 0 Å². The molecule has 15 heavy (non-hydrogen) atoms. The maximum atomic E-state index is 11.2. The van der Waals surface area contributed by atoms with E-state index >= 15 is 0 Å². The molecule has 0 atom stereocenters. The molecule has 0 unspecified atom stereocenters. The number of hydrogen-bond acceptors (Lipinski definition) is 1. The Kier molecular flexibility index (Phi) is 2.89. The molecule has 2 nitrogen and oxygen atoms in total. The molecule has 0 radical (unpaired) electrons. The molecular weight excluding hydrogens is 188 g/mol. The number of hydrogen-bond donors (Lipinski definition) is 1. The first-order valence-corrected chi connectivity index (χ1v) is 5.08. The van der Waals surface area contributed by atoms with Gasteiger partial charge in [0.05, 0.1) is 5.41 Å². The number of carboxylic acids is 1. The maximum absolute atomic E-state index is 11.2. The fourth-order valence-corrected chi connectivity index (χ4v) is 2.27. The SMILES string of the molecule is Cc1cc(C)c(C(C)(C)C(=O)O)c(C)c1. The summed E-state index contributed by atoms with van der Waals surface area (Å²) in [6.07, 6.45) is 0. The number of carboxylic acid groups (broad SMARTS) is 1. The van der Waals surface area contributed by atoms with Crippen LogP contribution < -0.4 is 0 Å². The monoisotopic (exact) mass is 206 g/mol. The first kappa shape index (κ1) is 11.8. The molecule has 0 aliphatic rings. The highest BCUT2D eigenvalue weighted by molar-refractivity contribution is 5.81. The van der Waals surface area contributed by atoms with Gasteiger partial charge in [-0.3, -0.25) is 4.79 Å². The fraction of sp³-hybridized carbons (Fsp3) is 0.462. The van der Waals surface area contributed by atoms with Crippen molar-refractivity contribution in [3.05, 3.63) is 34.4 Å². The van der Waals surface area contributed by atoms with Crippen molar-refractivity contribution < 1.29 is 9.90 Å². The van der Waals surface area contributed by atoms with Gasteiger partial charge >= 0.3 is 5.97 Å². The predicted molar refractivity (Wildman–Crippen MR) is 61.3 cm³/mol. The van der Waals surface area contributed by atoms with Gasteiger partial charge in [-0.25, -0.2) is 0 Å². The van der Waals surface area contributed by atoms with Crippen molar-refractivity contribution in [2.45, 2.75) is 40.0 Å². The minimum Gasteiger partial charge on any atom is -0.481 e. The van der Waals surface area contributed by atoms with E-state index in [2.05, 4.69) is 0 Å². The summed E-state index contributed by atoms with van der Waals surface area (Å²) in [7, 11) is 0. The van der Waals surface area contributed by atoms with Crippen molar-refractivity contribution in [2.75, 3.05) is 0 Å². The third-order valence-corrected chi connectivity index (χ3v) is 2.84. The fourth-order valence-electron chi connectivity index (χ4n) is 2.27. The molecule has 82 valence electrons. The average molecular weight is 206 g/mol. The van der Waals surface area contributed by atoms with Gasteiger partial charge in [0.2, 0.25) is 0 Å². The van der Waals surface area contributed by atoms with Gasteiger partial charge in [-0.05, 0) is 51.3 Å². The highest BCUT2D eigenvalue weighted by Gasteiger charge is 2.32. The first-order valence-electron chi connectivity index (χ1n) is 5.08. The Morgan fingerprint density at radius 3 is 1.87 bits per heavy atom. The van der Waals surface area contributed by atoms with Crippen LogP contribution in [0, 0.1) is 20.8 Å². The Morgan fingerprint density at radius 1 is 1.13 bits per heavy atom. The summed E-state index contributed by atoms with van der Waals surface area (Å²) in [5.74, 6) is -0.780. The first-order chi connectivity index (χ1) is 6.76. The van der Waals surface area contributed by atoms with Gasteiger partial charge in [0.15, 0.2) is 0 Å². The number of aryl methyl sites for hydroxylation is 3. The van der Waals surface area contributed by atoms with Crippen molar-refractivity contribution in [2.24, 2.45) is 0 Å². The summed E-state index contributed by atoms with van der Waals surface area (Å²) in [6, 6.07) is 4.07. The van der Waals surface area contributed by atoms with Crippen LogP contribution in [0.1, 0.15) is 36.1 Å². The number of aliphatic carboxylic acids is 1. The highest BCUT2D eigenvalue weighted by Crippen LogP contribution is 2.30. The second kappa shape index (κ2) is 3.69. The van der Waals surface area contributed by atoms with E-state index in [4.69, 9.17) is 0 Å². The molecule has 1 N–H and O–H groups in total. The normalized spacial score (nSPS) is 11.5. The van der Waals surface area contributed by atoms with Crippen LogP contribution in [-0.4, -0.2) is 11.1 Å². The van der Waals surface area contributed by atoms with Gasteiger partial charge in [-0.2, -0.15) is 0 Å². The Bertz CT molecular complexity index is 380. The Hall–Kier alpha value is -1.31. The third kappa shape index (κ3) is 2.04. The van der Waals surface area contributed by atoms with Crippen molar-refractivity contribution in [1.82, 2.24) is 0 Å². The van der Waals surface area contributed by atoms with E-state index in [1.54, 1.807) is 13.8 Å². The minimum absolute atomic E-state index is 0.780. The zero-order chi connectivity index (χ0) is 11.8. The van der Waals surface area contributed by atoms with E-state index < -0.39 is 11.4 Å². The molecule has 0 amide bonds. The summed E-state index contributed by atoms with van der Waals surface area (Å²) < 4.78 is 0. The quantitative estimate of drug-likeness (QED) is 0.807. The number of carbonyl (C=O) groups is 1. The van der Waals surface area contributed by atoms with Gasteiger partial charge in [0.1, 0.15) is 0 Å². The Labute approximate surface area is 90.9 Å². The van der Waals surface area contributed by atoms with Crippen LogP contribution in [0.2, 0.25) is 0 Å². The summed E-state index contributed by atoms with van der Waals surface area (Å²) in [5.41, 5.74) is 3.40. The van der Waals surface area contributed by atoms with Crippen molar-refractivity contribution in [3.8, 4) is 0 Å². The van der Waals surface area contributed by atoms with Crippen LogP contribution >= 0.6 is 0 Å². The molecule has 0 bridgehead atoms. The van der Waals surface area contributed by atoms with Crippen LogP contribution in [0.5, 0.6) is 0 Å². The Morgan fingerprint density at radius 2 is 1.53 bits per heavy atom. The second-order valence-corrected chi connectivity index (χ2v) is 4.70. The lowest BCUT2D eigenvalue weighted by molar-refractivity contribution is -0.142. The van der Waals surface area contributed by atoms with Crippen molar-refractivity contribution in [3.63, 3.8) is 0 Å². The molecular formula is C13H18O2. The molecule has 0 saturated carbocycles. The molecule has 0 aromatic heterocycles. The molecule has 0 heterocycles. The van der Waals surface area contributed by atoms with E-state index in [-0.39, 0.29) is 0 Å². The average Bonchev–Trinajstić information content (AvgIpc) is 2.00. The molecule has 0 saturated heterocycles. The molecule has 1 aromatic rings. The van der Waals surface area contributed by atoms with Crippen LogP contribution in [0.25, 0.3) is 0 Å². The summed E-state index contributed by atoms with van der Waals surface area (Å²) >= 11 is 0. The third-order valence-electron chi connectivity index (χ3n) is 2.84. The zero-order valence-corrected chi connectivity index (χ0v) is 10.0. The van der Waals surface area contributed by atoms with E-state index in [9.17, 15) is 9.90 Å². The molecule has 2 heteroatoms. The minimum atomic E-state index is -0.818. The van der Waals surface area contributed by atoms with Crippen molar-refractivity contribution in [1.29, 1.82) is 0 Å². The van der Waals surface area contributed by atoms with Gasteiger partial charge in [0.25, 0.3) is 0 Å². The molecule has 0 aliphatic carbocycles. The van der Waals surface area contributed by atoms with E-state index in [0.29, 0.717) is 0 Å². The summed E-state index contributed by atoms with van der Waals surface area (Å²) in [5, 5.41) is 9.21. The lowest BCUT2D eigenvalue weighted by Gasteiger charge is -2.24. The number of rotatable bonds is 2. The van der Waals surface area contributed by atoms with Crippen LogP contribution in [0.15, 0.2) is 12.1 Å². The molecule has 0 fully saturated rings. The maximum Gasteiger partial charge on any atom is 0.313 e. The molecule has 1 aromatic carbocycles. The van der Waals surface area contributed by atoms with Crippen molar-refractivity contribution >= 4 is 5.97 Å². The lowest BCUT2D eigenvalue weighted by atomic mass is 9.79. The van der Waals surface area contributed by atoms with Gasteiger partial charge in [-0.15, -0.1) is 0 Å². The largest absolute Gasteiger partial charge is 0.481 e. The van der Waals surface area contributed by atoms with Gasteiger partial charge < -0.3 is 5.11 Å². The highest BCUT2D eigenvalue weighted by atomic mass is 16.4. The van der Waals surface area contributed by atoms with E-state index in [1.807, 2.05) is 32.9 Å². The van der Waals surface area contributed by atoms with Crippen LogP contribution in [-0.2, 0) is 10.2 Å². The van der Waals surface area contributed by atoms with E-state index in [1.165, 1.54) is 5.56 Å². The Balaban J connectivity index is 3.44. The van der Waals surface area contributed by atoms with Crippen LogP contribution in [0.3, 0.4) is 0 Å². The second-order valence-electron chi connectivity index (χ2n) is 4.70. The standard InChI is InChI=1S/C13H18O2/c1-8-6-9(2)11(10(3)7-8)13(4,5)12(14)15/h6-7H,1-5H3,(H,14,15). The van der Waals surface area contributed by atoms with Gasteiger partial charge in [0, 0.05) is 0 Å². The summed E-state index contributed by atoms with van der Waals surface area (Å²) in [4.78, 5) is 11.2. The summed E-state index contributed by atoms with van der Waals surface area (Å²) in [6.45, 7) is 9.47. The molecule has 1 rings (SSSR count). The lowest BCUT2D eigenvalue weighted by Crippen LogP contribution is -2.30.